The number of nitrogens with zero attached hydrogens (tertiary/aromatic N) is 1. The Labute approximate surface area is 148 Å². The number of piperidine rings is 1. The maximum Gasteiger partial charge on any atom is 0.237 e. The van der Waals surface area contributed by atoms with Crippen LogP contribution < -0.4 is 15.4 Å². The molecule has 0 aromatic heterocycles. The molecule has 1 aromatic carbocycles. The highest BCUT2D eigenvalue weighted by atomic mass is 35.5. The van der Waals surface area contributed by atoms with Crippen LogP contribution in [0.15, 0.2) is 24.3 Å². The lowest BCUT2D eigenvalue weighted by Crippen LogP contribution is -2.42. The van der Waals surface area contributed by atoms with Crippen molar-refractivity contribution in [2.24, 2.45) is 5.41 Å². The molecule has 0 saturated carbocycles. The van der Waals surface area contributed by atoms with Crippen LogP contribution >= 0.6 is 11.6 Å². The SMILES string of the molecule is CN1CC2(CCNCC2)CC1C(=O)NCCOc1ccccc1Cl. The van der Waals surface area contributed by atoms with E-state index in [2.05, 4.69) is 22.6 Å². The van der Waals surface area contributed by atoms with Crippen molar-refractivity contribution in [3.8, 4) is 5.75 Å². The number of halogens is 1. The van der Waals surface area contributed by atoms with Crippen molar-refractivity contribution in [2.75, 3.05) is 39.8 Å². The Balaban J connectivity index is 1.44. The lowest BCUT2D eigenvalue weighted by atomic mass is 9.77. The van der Waals surface area contributed by atoms with Gasteiger partial charge in [-0.3, -0.25) is 9.69 Å². The minimum Gasteiger partial charge on any atom is -0.490 e. The summed E-state index contributed by atoms with van der Waals surface area (Å²) >= 11 is 6.05. The minimum atomic E-state index is -0.0246. The highest BCUT2D eigenvalue weighted by Gasteiger charge is 2.45. The van der Waals surface area contributed by atoms with Crippen molar-refractivity contribution in [3.63, 3.8) is 0 Å². The van der Waals surface area contributed by atoms with Gasteiger partial charge in [0.05, 0.1) is 17.6 Å². The molecule has 24 heavy (non-hydrogen) atoms. The normalized spacial score (nSPS) is 23.3. The monoisotopic (exact) mass is 351 g/mol. The molecule has 6 heteroatoms. The maximum atomic E-state index is 12.5. The van der Waals surface area contributed by atoms with Crippen molar-refractivity contribution in [2.45, 2.75) is 25.3 Å². The van der Waals surface area contributed by atoms with Gasteiger partial charge in [-0.2, -0.15) is 0 Å². The fourth-order valence-electron chi connectivity index (χ4n) is 3.90. The summed E-state index contributed by atoms with van der Waals surface area (Å²) in [6.07, 6.45) is 3.29. The van der Waals surface area contributed by atoms with Crippen molar-refractivity contribution >= 4 is 17.5 Å². The Bertz CT molecular complexity index is 575. The highest BCUT2D eigenvalue weighted by Crippen LogP contribution is 2.41. The Morgan fingerprint density at radius 3 is 2.92 bits per heavy atom. The van der Waals surface area contributed by atoms with Crippen LogP contribution in [0.3, 0.4) is 0 Å². The second-order valence-corrected chi connectivity index (χ2v) is 7.36. The van der Waals surface area contributed by atoms with Gasteiger partial charge in [-0.1, -0.05) is 23.7 Å². The first kappa shape index (κ1) is 17.5. The molecule has 5 nitrogen and oxygen atoms in total. The summed E-state index contributed by atoms with van der Waals surface area (Å²) in [4.78, 5) is 14.7. The quantitative estimate of drug-likeness (QED) is 0.796. The highest BCUT2D eigenvalue weighted by molar-refractivity contribution is 6.32. The fourth-order valence-corrected chi connectivity index (χ4v) is 4.09. The smallest absolute Gasteiger partial charge is 0.237 e. The molecular weight excluding hydrogens is 326 g/mol. The van der Waals surface area contributed by atoms with Gasteiger partial charge in [0.25, 0.3) is 0 Å². The van der Waals surface area contributed by atoms with Gasteiger partial charge in [-0.05, 0) is 56.9 Å². The fraction of sp³-hybridized carbons (Fsp3) is 0.611. The molecule has 1 spiro atoms. The molecular formula is C18H26ClN3O2. The first-order chi connectivity index (χ1) is 11.6. The number of hydrogen-bond donors (Lipinski definition) is 2. The first-order valence-electron chi connectivity index (χ1n) is 8.66. The molecule has 0 bridgehead atoms. The van der Waals surface area contributed by atoms with Crippen LogP contribution in [0, 0.1) is 5.41 Å². The molecule has 2 N–H and O–H groups in total. The topological polar surface area (TPSA) is 53.6 Å². The molecule has 2 aliphatic rings. The third-order valence-electron chi connectivity index (χ3n) is 5.21. The molecule has 0 aliphatic carbocycles. The van der Waals surface area contributed by atoms with E-state index in [9.17, 15) is 4.79 Å². The molecule has 1 amide bonds. The van der Waals surface area contributed by atoms with Gasteiger partial charge in [0.2, 0.25) is 5.91 Å². The van der Waals surface area contributed by atoms with Crippen LogP contribution in [-0.4, -0.2) is 56.7 Å². The molecule has 1 aromatic rings. The summed E-state index contributed by atoms with van der Waals surface area (Å²) in [7, 11) is 2.06. The number of likely N-dealkylation sites (tertiary alicyclic amines) is 1. The van der Waals surface area contributed by atoms with Crippen LogP contribution in [0.5, 0.6) is 5.75 Å². The number of carbonyl (C=O) groups is 1. The number of nitrogens with one attached hydrogen (secondary N) is 2. The van der Waals surface area contributed by atoms with Gasteiger partial charge in [0.1, 0.15) is 12.4 Å². The third-order valence-corrected chi connectivity index (χ3v) is 5.52. The molecule has 0 radical (unpaired) electrons. The summed E-state index contributed by atoms with van der Waals surface area (Å²) < 4.78 is 5.62. The average molecular weight is 352 g/mol. The second-order valence-electron chi connectivity index (χ2n) is 6.95. The van der Waals surface area contributed by atoms with Crippen molar-refractivity contribution in [1.29, 1.82) is 0 Å². The number of likely N-dealkylation sites (N-methyl/N-ethyl adjacent to an activating group) is 1. The van der Waals surface area contributed by atoms with E-state index in [1.165, 1.54) is 0 Å². The zero-order valence-electron chi connectivity index (χ0n) is 14.2. The summed E-state index contributed by atoms with van der Waals surface area (Å²) in [5, 5.41) is 7.00. The number of rotatable bonds is 5. The van der Waals surface area contributed by atoms with E-state index in [4.69, 9.17) is 16.3 Å². The predicted octanol–water partition coefficient (Wildman–Crippen LogP) is 1.91. The lowest BCUT2D eigenvalue weighted by Gasteiger charge is -2.33. The Morgan fingerprint density at radius 1 is 1.42 bits per heavy atom. The Hall–Kier alpha value is -1.30. The summed E-state index contributed by atoms with van der Waals surface area (Å²) in [5.41, 5.74) is 0.316. The number of amides is 1. The molecule has 3 rings (SSSR count). The van der Waals surface area contributed by atoms with E-state index in [0.717, 1.165) is 38.9 Å². The van der Waals surface area contributed by atoms with Crippen molar-refractivity contribution in [1.82, 2.24) is 15.5 Å². The minimum absolute atomic E-state index is 0.0246. The summed E-state index contributed by atoms with van der Waals surface area (Å²) in [6, 6.07) is 7.34. The van der Waals surface area contributed by atoms with Gasteiger partial charge < -0.3 is 15.4 Å². The predicted molar refractivity (Wildman–Crippen MR) is 95.5 cm³/mol. The van der Waals surface area contributed by atoms with Gasteiger partial charge in [0, 0.05) is 6.54 Å². The Kier molecular flexibility index (Phi) is 5.64. The van der Waals surface area contributed by atoms with E-state index in [1.807, 2.05) is 18.2 Å². The number of para-hydroxylation sites is 1. The van der Waals surface area contributed by atoms with Gasteiger partial charge >= 0.3 is 0 Å². The number of hydrogen-bond acceptors (Lipinski definition) is 4. The molecule has 2 saturated heterocycles. The molecule has 132 valence electrons. The van der Waals surface area contributed by atoms with Crippen LogP contribution in [0.1, 0.15) is 19.3 Å². The van der Waals surface area contributed by atoms with Crippen LogP contribution in [0.2, 0.25) is 5.02 Å². The van der Waals surface area contributed by atoms with Crippen LogP contribution in [0.4, 0.5) is 0 Å². The van der Waals surface area contributed by atoms with E-state index in [0.29, 0.717) is 29.3 Å². The maximum absolute atomic E-state index is 12.5. The largest absolute Gasteiger partial charge is 0.490 e. The van der Waals surface area contributed by atoms with E-state index >= 15 is 0 Å². The van der Waals surface area contributed by atoms with E-state index < -0.39 is 0 Å². The zero-order chi connectivity index (χ0) is 17.0. The van der Waals surface area contributed by atoms with E-state index in [1.54, 1.807) is 6.07 Å². The number of carbonyl (C=O) groups excluding carboxylic acids is 1. The summed E-state index contributed by atoms with van der Waals surface area (Å²) in [5.74, 6) is 0.760. The molecule has 2 heterocycles. The number of benzene rings is 1. The van der Waals surface area contributed by atoms with Crippen molar-refractivity contribution in [3.05, 3.63) is 29.3 Å². The first-order valence-corrected chi connectivity index (χ1v) is 9.03. The average Bonchev–Trinajstić information content (AvgIpc) is 2.89. The van der Waals surface area contributed by atoms with Crippen molar-refractivity contribution < 1.29 is 9.53 Å². The van der Waals surface area contributed by atoms with Crippen LogP contribution in [-0.2, 0) is 4.79 Å². The lowest BCUT2D eigenvalue weighted by molar-refractivity contribution is -0.125. The van der Waals surface area contributed by atoms with E-state index in [-0.39, 0.29) is 11.9 Å². The van der Waals surface area contributed by atoms with Crippen LogP contribution in [0.25, 0.3) is 0 Å². The van der Waals surface area contributed by atoms with Gasteiger partial charge in [-0.25, -0.2) is 0 Å². The molecule has 2 aliphatic heterocycles. The number of ether oxygens (including phenoxy) is 1. The molecule has 2 fully saturated rings. The van der Waals surface area contributed by atoms with Gasteiger partial charge in [-0.15, -0.1) is 0 Å². The Morgan fingerprint density at radius 2 is 2.17 bits per heavy atom. The molecule has 1 atom stereocenters. The second kappa shape index (κ2) is 7.72. The van der Waals surface area contributed by atoms with Gasteiger partial charge in [0.15, 0.2) is 0 Å². The zero-order valence-corrected chi connectivity index (χ0v) is 14.9. The molecule has 1 unspecified atom stereocenters. The summed E-state index contributed by atoms with van der Waals surface area (Å²) in [6.45, 7) is 4.05. The standard InChI is InChI=1S/C18H26ClN3O2/c1-22-13-18(6-8-20-9-7-18)12-15(22)17(23)21-10-11-24-16-5-3-2-4-14(16)19/h2-5,15,20H,6-13H2,1H3,(H,21,23). The third kappa shape index (κ3) is 4.02.